The molecular formula is C36H54O8S. The van der Waals surface area contributed by atoms with Crippen LogP contribution in [0.15, 0.2) is 12.1 Å². The number of sulfone groups is 1. The average Bonchev–Trinajstić information content (AvgIpc) is 2.93. The van der Waals surface area contributed by atoms with Gasteiger partial charge >= 0.3 is 11.9 Å². The van der Waals surface area contributed by atoms with Gasteiger partial charge in [0.2, 0.25) is 0 Å². The van der Waals surface area contributed by atoms with Crippen LogP contribution >= 0.6 is 0 Å². The number of hydrogen-bond acceptors (Lipinski definition) is 8. The van der Waals surface area contributed by atoms with Crippen LogP contribution in [0.2, 0.25) is 0 Å². The summed E-state index contributed by atoms with van der Waals surface area (Å²) in [5.74, 6) is -3.06. The molecule has 0 amide bonds. The molecule has 0 saturated carbocycles. The Morgan fingerprint density at radius 3 is 1.22 bits per heavy atom. The van der Waals surface area contributed by atoms with Gasteiger partial charge in [0, 0.05) is 0 Å². The molecule has 8 nitrogen and oxygen atoms in total. The second-order valence-corrected chi connectivity index (χ2v) is 17.3. The molecule has 0 heterocycles. The highest BCUT2D eigenvalue weighted by Gasteiger charge is 2.40. The summed E-state index contributed by atoms with van der Waals surface area (Å²) in [7, 11) is -3.97. The largest absolute Gasteiger partial charge is 0.507 e. The molecule has 0 fully saturated rings. The van der Waals surface area contributed by atoms with E-state index in [1.54, 1.807) is 13.8 Å². The Kier molecular flexibility index (Phi) is 11.6. The number of aromatic hydroxyl groups is 2. The maximum atomic E-state index is 13.6. The van der Waals surface area contributed by atoms with Crippen molar-refractivity contribution in [1.29, 1.82) is 0 Å². The lowest BCUT2D eigenvalue weighted by Gasteiger charge is -2.27. The summed E-state index contributed by atoms with van der Waals surface area (Å²) in [6, 6.07) is 3.77. The highest BCUT2D eigenvalue weighted by molar-refractivity contribution is 7.92. The summed E-state index contributed by atoms with van der Waals surface area (Å²) < 4.78 is 38.2. The molecule has 2 aromatic carbocycles. The van der Waals surface area contributed by atoms with Crippen molar-refractivity contribution in [2.24, 2.45) is 11.8 Å². The third-order valence-corrected chi connectivity index (χ3v) is 12.2. The molecule has 0 saturated heterocycles. The van der Waals surface area contributed by atoms with E-state index in [9.17, 15) is 28.2 Å². The minimum atomic E-state index is -3.97. The summed E-state index contributed by atoms with van der Waals surface area (Å²) in [5, 5.41) is 19.3. The Morgan fingerprint density at radius 1 is 0.667 bits per heavy atom. The number of esters is 2. The maximum absolute atomic E-state index is 13.6. The lowest BCUT2D eigenvalue weighted by molar-refractivity contribution is -0.149. The zero-order chi connectivity index (χ0) is 35.0. The number of ether oxygens (including phenoxy) is 2. The summed E-state index contributed by atoms with van der Waals surface area (Å²) in [4.78, 5) is 26.1. The lowest BCUT2D eigenvalue weighted by atomic mass is 9.83. The van der Waals surface area contributed by atoms with Gasteiger partial charge in [-0.2, -0.15) is 0 Å². The Bertz CT molecular complexity index is 1430. The average molecular weight is 647 g/mol. The van der Waals surface area contributed by atoms with Gasteiger partial charge in [0.25, 0.3) is 0 Å². The molecule has 4 atom stereocenters. The monoisotopic (exact) mass is 646 g/mol. The van der Waals surface area contributed by atoms with E-state index in [1.165, 1.54) is 27.7 Å². The fourth-order valence-electron chi connectivity index (χ4n) is 5.45. The molecule has 0 spiro atoms. The maximum Gasteiger partial charge on any atom is 0.310 e. The highest BCUT2D eigenvalue weighted by atomic mass is 32.2. The SMILES string of the molecule is Cc1cc(C(C)(C)C)c(O)c(C)c1COC(=O)C(C)C(C)S(=O)(=O)C(C)C(C)C(=O)OCc1c(C)cc(C(C)(C)C)c(O)c1C. The molecule has 2 N–H and O–H groups in total. The second-order valence-electron chi connectivity index (χ2n) is 14.7. The van der Waals surface area contributed by atoms with Gasteiger partial charge in [-0.15, -0.1) is 0 Å². The van der Waals surface area contributed by atoms with Crippen molar-refractivity contribution in [2.75, 3.05) is 0 Å². The van der Waals surface area contributed by atoms with E-state index >= 15 is 0 Å². The number of phenols is 2. The van der Waals surface area contributed by atoms with Gasteiger partial charge in [0.15, 0.2) is 9.84 Å². The molecule has 45 heavy (non-hydrogen) atoms. The van der Waals surface area contributed by atoms with Crippen LogP contribution in [-0.4, -0.2) is 41.1 Å². The van der Waals surface area contributed by atoms with Crippen molar-refractivity contribution in [3.63, 3.8) is 0 Å². The van der Waals surface area contributed by atoms with E-state index in [0.717, 1.165) is 22.3 Å². The predicted octanol–water partition coefficient (Wildman–Crippen LogP) is 7.18. The Labute approximate surface area is 270 Å². The molecule has 252 valence electrons. The molecule has 0 radical (unpaired) electrons. The van der Waals surface area contributed by atoms with Crippen LogP contribution < -0.4 is 0 Å². The molecule has 0 aliphatic heterocycles. The van der Waals surface area contributed by atoms with Gasteiger partial charge in [-0.3, -0.25) is 9.59 Å². The van der Waals surface area contributed by atoms with Gasteiger partial charge in [-0.1, -0.05) is 67.5 Å². The van der Waals surface area contributed by atoms with Crippen LogP contribution in [0.3, 0.4) is 0 Å². The first-order chi connectivity index (χ1) is 20.3. The number of hydrogen-bond donors (Lipinski definition) is 2. The fourth-order valence-corrected chi connectivity index (χ4v) is 7.49. The van der Waals surface area contributed by atoms with Crippen molar-refractivity contribution in [3.05, 3.63) is 56.6 Å². The zero-order valence-corrected chi connectivity index (χ0v) is 30.4. The first-order valence-electron chi connectivity index (χ1n) is 15.6. The highest BCUT2D eigenvalue weighted by Crippen LogP contribution is 2.38. The van der Waals surface area contributed by atoms with Crippen molar-refractivity contribution in [2.45, 2.75) is 131 Å². The van der Waals surface area contributed by atoms with Gasteiger partial charge in [0.05, 0.1) is 22.3 Å². The Morgan fingerprint density at radius 2 is 0.956 bits per heavy atom. The molecule has 0 aromatic heterocycles. The minimum Gasteiger partial charge on any atom is -0.507 e. The molecular weight excluding hydrogens is 592 g/mol. The number of benzene rings is 2. The van der Waals surface area contributed by atoms with Crippen LogP contribution in [0.25, 0.3) is 0 Å². The number of carbonyl (C=O) groups excluding carboxylic acids is 2. The summed E-state index contributed by atoms with van der Waals surface area (Å²) >= 11 is 0. The zero-order valence-electron chi connectivity index (χ0n) is 29.6. The normalized spacial score (nSPS) is 15.2. The van der Waals surface area contributed by atoms with Gasteiger partial charge in [-0.25, -0.2) is 8.42 Å². The van der Waals surface area contributed by atoms with E-state index in [4.69, 9.17) is 9.47 Å². The standard InChI is InChI=1S/C36H54O8S/c1-19-15-29(35(9,10)11)31(37)23(5)27(19)17-43-33(39)21(3)25(7)45(41,42)26(8)22(4)34(40)44-18-28-20(2)16-30(36(12,13)14)32(38)24(28)6/h15-16,21-22,25-26,37-38H,17-18H2,1-14H3. The minimum absolute atomic E-state index is 0.102. The van der Waals surface area contributed by atoms with E-state index in [1.807, 2.05) is 67.5 Å². The Balaban J connectivity index is 2.13. The number of rotatable bonds is 10. The van der Waals surface area contributed by atoms with E-state index in [0.29, 0.717) is 22.3 Å². The van der Waals surface area contributed by atoms with Gasteiger partial charge in [-0.05, 0) is 96.9 Å². The van der Waals surface area contributed by atoms with Crippen LogP contribution in [0.4, 0.5) is 0 Å². The van der Waals surface area contributed by atoms with Crippen LogP contribution in [-0.2, 0) is 52.9 Å². The fraction of sp³-hybridized carbons (Fsp3) is 0.611. The number of aryl methyl sites for hydroxylation is 2. The molecule has 2 aromatic rings. The van der Waals surface area contributed by atoms with Crippen LogP contribution in [0, 0.1) is 39.5 Å². The second kappa shape index (κ2) is 13.7. The first kappa shape index (κ1) is 38.1. The molecule has 9 heteroatoms. The summed E-state index contributed by atoms with van der Waals surface area (Å²) in [5.41, 5.74) is 5.36. The van der Waals surface area contributed by atoms with Crippen molar-refractivity contribution >= 4 is 21.8 Å². The van der Waals surface area contributed by atoms with Crippen molar-refractivity contribution < 1.29 is 37.7 Å². The van der Waals surface area contributed by atoms with Crippen LogP contribution in [0.1, 0.15) is 114 Å². The number of phenolic OH excluding ortho intramolecular Hbond substituents is 2. The quantitative estimate of drug-likeness (QED) is 0.260. The van der Waals surface area contributed by atoms with E-state index < -0.39 is 44.1 Å². The predicted molar refractivity (Wildman–Crippen MR) is 178 cm³/mol. The number of carbonyl (C=O) groups is 2. The third-order valence-electron chi connectivity index (χ3n) is 9.32. The first-order valence-corrected chi connectivity index (χ1v) is 17.2. The van der Waals surface area contributed by atoms with Crippen molar-refractivity contribution in [3.8, 4) is 11.5 Å². The smallest absolute Gasteiger partial charge is 0.310 e. The lowest BCUT2D eigenvalue weighted by Crippen LogP contribution is -2.41. The van der Waals surface area contributed by atoms with E-state index in [-0.39, 0.29) is 35.5 Å². The molecule has 2 rings (SSSR count). The van der Waals surface area contributed by atoms with Crippen molar-refractivity contribution in [1.82, 2.24) is 0 Å². The topological polar surface area (TPSA) is 127 Å². The molecule has 0 aliphatic carbocycles. The summed E-state index contributed by atoms with van der Waals surface area (Å²) in [6.07, 6.45) is 0. The third kappa shape index (κ3) is 8.21. The van der Waals surface area contributed by atoms with Gasteiger partial charge < -0.3 is 19.7 Å². The molecule has 0 aliphatic rings. The van der Waals surface area contributed by atoms with E-state index in [2.05, 4.69) is 0 Å². The molecule has 4 unspecified atom stereocenters. The Hall–Kier alpha value is -3.07. The molecule has 0 bridgehead atoms. The summed E-state index contributed by atoms with van der Waals surface area (Å²) in [6.45, 7) is 25.0. The van der Waals surface area contributed by atoms with Gasteiger partial charge in [0.1, 0.15) is 24.7 Å². The van der Waals surface area contributed by atoms with Crippen LogP contribution in [0.5, 0.6) is 11.5 Å².